The Morgan fingerprint density at radius 2 is 0.540 bits per heavy atom. The second-order valence-corrected chi connectivity index (χ2v) is 24.2. The predicted molar refractivity (Wildman–Crippen MR) is 369 cm³/mol. The van der Waals surface area contributed by atoms with Crippen LogP contribution in [0.1, 0.15) is 11.1 Å². The quantitative estimate of drug-likeness (QED) is 0.133. The lowest BCUT2D eigenvalue weighted by molar-refractivity contribution is 0.670. The van der Waals surface area contributed by atoms with Crippen molar-refractivity contribution in [2.45, 2.75) is 6.42 Å². The smallest absolute Gasteiger partial charge is 0.143 e. The van der Waals surface area contributed by atoms with Crippen LogP contribution >= 0.6 is 11.3 Å². The van der Waals surface area contributed by atoms with Gasteiger partial charge in [-0.05, 0) is 189 Å². The van der Waals surface area contributed by atoms with Crippen LogP contribution in [-0.2, 0) is 6.42 Å². The van der Waals surface area contributed by atoms with Crippen molar-refractivity contribution in [3.8, 4) is 122 Å². The standard InChI is InChI=1S/C85H54OS/c1-5-13-54(14-6-1)58-21-29-62(30-22-58)66-41-43-82-78(46-66)80-52-72(64-33-25-60(26-34-64)56-17-9-3-10-18-56)50-76(84(80)86-82)70-39-37-68-45-69-38-40-71(49-75(69)74(68)48-70)77-51-73(65-35-27-61(28-36-65)57-19-11-4-12-20-57)53-81-79-47-67(42-44-83(79)87-85(77)81)63-31-23-59(24-32-63)55-15-7-2-8-16-55/h1-44,46-53H,45H2. The molecular weight excluding hydrogens is 1070 g/mol. The summed E-state index contributed by atoms with van der Waals surface area (Å²) in [4.78, 5) is 0. The fourth-order valence-electron chi connectivity index (χ4n) is 13.3. The normalized spacial score (nSPS) is 11.9. The Morgan fingerprint density at radius 1 is 0.218 bits per heavy atom. The lowest BCUT2D eigenvalue weighted by Crippen LogP contribution is -1.87. The van der Waals surface area contributed by atoms with E-state index in [1.54, 1.807) is 0 Å². The topological polar surface area (TPSA) is 13.1 Å². The minimum atomic E-state index is 0.874. The average molecular weight is 1120 g/mol. The molecule has 1 aliphatic carbocycles. The summed E-state index contributed by atoms with van der Waals surface area (Å²) in [6.45, 7) is 0. The van der Waals surface area contributed by atoms with E-state index < -0.39 is 0 Å². The molecule has 0 radical (unpaired) electrons. The van der Waals surface area contributed by atoms with Crippen LogP contribution in [0.5, 0.6) is 0 Å². The summed E-state index contributed by atoms with van der Waals surface area (Å²) in [6.07, 6.45) is 0.884. The largest absolute Gasteiger partial charge is 0.455 e. The van der Waals surface area contributed by atoms with E-state index in [1.807, 2.05) is 11.3 Å². The Bertz CT molecular complexity index is 4940. The van der Waals surface area contributed by atoms with E-state index >= 15 is 0 Å². The van der Waals surface area contributed by atoms with Gasteiger partial charge in [0.15, 0.2) is 0 Å². The molecule has 16 aromatic rings. The first-order valence-electron chi connectivity index (χ1n) is 30.0. The van der Waals surface area contributed by atoms with Gasteiger partial charge in [-0.2, -0.15) is 0 Å². The van der Waals surface area contributed by atoms with Crippen molar-refractivity contribution in [3.05, 3.63) is 327 Å². The molecule has 0 fully saturated rings. The highest BCUT2D eigenvalue weighted by Gasteiger charge is 2.24. The van der Waals surface area contributed by atoms with Crippen molar-refractivity contribution in [1.29, 1.82) is 0 Å². The molecule has 0 bridgehead atoms. The van der Waals surface area contributed by atoms with Crippen molar-refractivity contribution in [2.24, 2.45) is 0 Å². The van der Waals surface area contributed by atoms with Crippen LogP contribution in [0.3, 0.4) is 0 Å². The lowest BCUT2D eigenvalue weighted by Gasteiger charge is -2.13. The maximum Gasteiger partial charge on any atom is 0.143 e. The maximum atomic E-state index is 7.04. The van der Waals surface area contributed by atoms with Crippen LogP contribution in [0.2, 0.25) is 0 Å². The SMILES string of the molecule is c1ccc(-c2ccc(-c3ccc4oc5c(-c6ccc7c(c6)-c6cc(-c8cc(-c9ccc(-c%10ccccc%10)cc9)cc9c8sc8ccc(-c%10ccc(-c%11ccccc%11)cc%10)cc89)ccc6C7)cc(-c6ccc(-c7ccccc7)cc6)cc5c4c3)cc2)cc1. The third kappa shape index (κ3) is 9.18. The molecular formula is C85H54OS. The molecule has 17 rings (SSSR count). The summed E-state index contributed by atoms with van der Waals surface area (Å²) in [6, 6.07) is 116. The Kier molecular flexibility index (Phi) is 12.2. The number of thiophene rings is 1. The van der Waals surface area contributed by atoms with Gasteiger partial charge in [-0.1, -0.05) is 255 Å². The number of benzene rings is 14. The van der Waals surface area contributed by atoms with E-state index in [-0.39, 0.29) is 0 Å². The number of rotatable bonds is 10. The zero-order valence-corrected chi connectivity index (χ0v) is 48.4. The fraction of sp³-hybridized carbons (Fsp3) is 0.0118. The predicted octanol–water partition coefficient (Wildman–Crippen LogP) is 24.2. The first-order valence-corrected chi connectivity index (χ1v) is 30.8. The van der Waals surface area contributed by atoms with Gasteiger partial charge in [-0.15, -0.1) is 11.3 Å². The lowest BCUT2D eigenvalue weighted by atomic mass is 9.91. The molecule has 2 aromatic heterocycles. The molecule has 0 saturated heterocycles. The minimum Gasteiger partial charge on any atom is -0.455 e. The van der Waals surface area contributed by atoms with Gasteiger partial charge in [0.25, 0.3) is 0 Å². The molecule has 0 N–H and O–H groups in total. The number of furan rings is 1. The summed E-state index contributed by atoms with van der Waals surface area (Å²) in [7, 11) is 0. The minimum absolute atomic E-state index is 0.874. The number of hydrogen-bond acceptors (Lipinski definition) is 2. The van der Waals surface area contributed by atoms with Crippen LogP contribution in [0.4, 0.5) is 0 Å². The third-order valence-corrected chi connectivity index (χ3v) is 19.2. The Balaban J connectivity index is 0.788. The van der Waals surface area contributed by atoms with Crippen LogP contribution in [0, 0.1) is 0 Å². The van der Waals surface area contributed by atoms with Crippen LogP contribution in [0.15, 0.2) is 320 Å². The van der Waals surface area contributed by atoms with Crippen molar-refractivity contribution in [2.75, 3.05) is 0 Å². The van der Waals surface area contributed by atoms with Gasteiger partial charge < -0.3 is 4.42 Å². The van der Waals surface area contributed by atoms with Crippen molar-refractivity contribution >= 4 is 53.4 Å². The van der Waals surface area contributed by atoms with Gasteiger partial charge >= 0.3 is 0 Å². The highest BCUT2D eigenvalue weighted by Crippen LogP contribution is 2.49. The fourth-order valence-corrected chi connectivity index (χ4v) is 14.5. The van der Waals surface area contributed by atoms with Gasteiger partial charge in [0.05, 0.1) is 0 Å². The summed E-state index contributed by atoms with van der Waals surface area (Å²) in [5.41, 5.74) is 30.8. The molecule has 14 aromatic carbocycles. The molecule has 406 valence electrons. The highest BCUT2D eigenvalue weighted by atomic mass is 32.1. The molecule has 2 heteroatoms. The summed E-state index contributed by atoms with van der Waals surface area (Å²) in [5, 5.41) is 4.76. The number of hydrogen-bond donors (Lipinski definition) is 0. The average Bonchev–Trinajstić information content (AvgIpc) is 1.94. The Labute approximate surface area is 510 Å². The van der Waals surface area contributed by atoms with E-state index in [9.17, 15) is 0 Å². The van der Waals surface area contributed by atoms with E-state index in [4.69, 9.17) is 4.42 Å². The second kappa shape index (κ2) is 21.0. The highest BCUT2D eigenvalue weighted by molar-refractivity contribution is 7.26. The summed E-state index contributed by atoms with van der Waals surface area (Å²) < 4.78 is 9.62. The molecule has 2 heterocycles. The second-order valence-electron chi connectivity index (χ2n) is 23.1. The van der Waals surface area contributed by atoms with Gasteiger partial charge in [0.2, 0.25) is 0 Å². The van der Waals surface area contributed by atoms with Crippen molar-refractivity contribution in [1.82, 2.24) is 0 Å². The molecule has 87 heavy (non-hydrogen) atoms. The van der Waals surface area contributed by atoms with Gasteiger partial charge in [-0.25, -0.2) is 0 Å². The first-order chi connectivity index (χ1) is 43.0. The van der Waals surface area contributed by atoms with Crippen molar-refractivity contribution in [3.63, 3.8) is 0 Å². The van der Waals surface area contributed by atoms with Gasteiger partial charge in [0.1, 0.15) is 11.2 Å². The van der Waals surface area contributed by atoms with Gasteiger partial charge in [0, 0.05) is 42.1 Å². The molecule has 1 nitrogen and oxygen atoms in total. The third-order valence-electron chi connectivity index (χ3n) is 18.0. The molecule has 0 atom stereocenters. The van der Waals surface area contributed by atoms with Crippen LogP contribution < -0.4 is 0 Å². The molecule has 0 amide bonds. The monoisotopic (exact) mass is 1120 g/mol. The van der Waals surface area contributed by atoms with E-state index in [0.717, 1.165) is 56.2 Å². The zero-order chi connectivity index (χ0) is 57.4. The van der Waals surface area contributed by atoms with Gasteiger partial charge in [-0.3, -0.25) is 0 Å². The van der Waals surface area contributed by atoms with E-state index in [1.165, 1.54) is 126 Å². The first kappa shape index (κ1) is 50.6. The molecule has 0 saturated carbocycles. The maximum absolute atomic E-state index is 7.04. The Morgan fingerprint density at radius 3 is 1.00 bits per heavy atom. The van der Waals surface area contributed by atoms with E-state index in [2.05, 4.69) is 315 Å². The van der Waals surface area contributed by atoms with Crippen LogP contribution in [-0.4, -0.2) is 0 Å². The summed E-state index contributed by atoms with van der Waals surface area (Å²) in [5.74, 6) is 0. The van der Waals surface area contributed by atoms with Crippen molar-refractivity contribution < 1.29 is 4.42 Å². The molecule has 1 aliphatic rings. The molecule has 0 aliphatic heterocycles. The zero-order valence-electron chi connectivity index (χ0n) is 47.5. The van der Waals surface area contributed by atoms with E-state index in [0.29, 0.717) is 0 Å². The number of fused-ring (bicyclic) bond motifs is 9. The molecule has 0 spiro atoms. The summed E-state index contributed by atoms with van der Waals surface area (Å²) >= 11 is 1.90. The molecule has 0 unspecified atom stereocenters. The van der Waals surface area contributed by atoms with Crippen LogP contribution in [0.25, 0.3) is 165 Å². The Hall–Kier alpha value is -10.9.